The van der Waals surface area contributed by atoms with Crippen LogP contribution in [0.1, 0.15) is 51.1 Å². The van der Waals surface area contributed by atoms with Gasteiger partial charge in [-0.2, -0.15) is 4.98 Å². The molecule has 0 amide bonds. The maximum Gasteiger partial charge on any atom is 0.226 e. The molecular weight excluding hydrogens is 274 g/mol. The van der Waals surface area contributed by atoms with Crippen LogP contribution in [-0.2, 0) is 0 Å². The van der Waals surface area contributed by atoms with Crippen LogP contribution in [-0.4, -0.2) is 28.0 Å². The van der Waals surface area contributed by atoms with E-state index in [2.05, 4.69) is 22.2 Å². The Hall–Kier alpha value is -1.03. The van der Waals surface area contributed by atoms with Crippen molar-refractivity contribution in [3.8, 4) is 5.88 Å². The van der Waals surface area contributed by atoms with Gasteiger partial charge in [0.2, 0.25) is 11.8 Å². The molecule has 1 fully saturated rings. The Labute approximate surface area is 126 Å². The summed E-state index contributed by atoms with van der Waals surface area (Å²) in [6.07, 6.45) is 6.85. The molecule has 112 valence electrons. The van der Waals surface area contributed by atoms with Gasteiger partial charge in [0.05, 0.1) is 12.1 Å². The van der Waals surface area contributed by atoms with Gasteiger partial charge in [0.25, 0.3) is 0 Å². The number of halogens is 1. The third-order valence-electron chi connectivity index (χ3n) is 3.73. The fourth-order valence-corrected chi connectivity index (χ4v) is 2.97. The highest BCUT2D eigenvalue weighted by molar-refractivity contribution is 6.18. The number of aryl methyl sites for hydroxylation is 1. The normalized spacial score (nSPS) is 17.8. The lowest BCUT2D eigenvalue weighted by molar-refractivity contribution is 0.303. The van der Waals surface area contributed by atoms with Crippen molar-refractivity contribution in [2.24, 2.45) is 0 Å². The summed E-state index contributed by atoms with van der Waals surface area (Å²) in [5.74, 6) is 1.87. The van der Waals surface area contributed by atoms with Gasteiger partial charge >= 0.3 is 0 Å². The molecule has 0 atom stereocenters. The van der Waals surface area contributed by atoms with E-state index in [0.29, 0.717) is 24.3 Å². The van der Waals surface area contributed by atoms with E-state index in [1.54, 1.807) is 0 Å². The van der Waals surface area contributed by atoms with Crippen LogP contribution in [0.2, 0.25) is 0 Å². The molecule has 20 heavy (non-hydrogen) atoms. The summed E-state index contributed by atoms with van der Waals surface area (Å²) in [6.45, 7) is 4.72. The molecule has 1 aliphatic carbocycles. The number of nitrogens with one attached hydrogen (secondary N) is 1. The molecule has 5 heteroatoms. The van der Waals surface area contributed by atoms with Crippen molar-refractivity contribution < 1.29 is 4.74 Å². The lowest BCUT2D eigenvalue weighted by Gasteiger charge is -2.36. The van der Waals surface area contributed by atoms with E-state index in [1.807, 2.05) is 13.0 Å². The Bertz CT molecular complexity index is 433. The molecule has 4 nitrogen and oxygen atoms in total. The van der Waals surface area contributed by atoms with Gasteiger partial charge < -0.3 is 10.1 Å². The number of ether oxygens (including phenoxy) is 1. The van der Waals surface area contributed by atoms with E-state index in [9.17, 15) is 0 Å². The number of hydrogen-bond donors (Lipinski definition) is 1. The van der Waals surface area contributed by atoms with Crippen LogP contribution in [0, 0.1) is 6.92 Å². The van der Waals surface area contributed by atoms with Crippen molar-refractivity contribution in [1.29, 1.82) is 0 Å². The number of anilines is 1. The molecule has 1 saturated carbocycles. The molecule has 1 heterocycles. The zero-order valence-corrected chi connectivity index (χ0v) is 13.2. The first-order valence-corrected chi connectivity index (χ1v) is 8.03. The Morgan fingerprint density at radius 1 is 1.30 bits per heavy atom. The number of nitrogens with zero attached hydrogens (tertiary/aromatic N) is 2. The second-order valence-electron chi connectivity index (χ2n) is 5.62. The molecule has 0 aliphatic heterocycles. The second-order valence-corrected chi connectivity index (χ2v) is 5.89. The fraction of sp³-hybridized carbons (Fsp3) is 0.733. The molecule has 0 spiro atoms. The van der Waals surface area contributed by atoms with Gasteiger partial charge in [-0.15, -0.1) is 11.6 Å². The van der Waals surface area contributed by atoms with Crippen molar-refractivity contribution >= 4 is 17.5 Å². The Morgan fingerprint density at radius 3 is 2.70 bits per heavy atom. The third kappa shape index (κ3) is 3.98. The first kappa shape index (κ1) is 15.4. The smallest absolute Gasteiger partial charge is 0.226 e. The van der Waals surface area contributed by atoms with Crippen LogP contribution in [0.4, 0.5) is 5.95 Å². The van der Waals surface area contributed by atoms with Crippen LogP contribution in [0.3, 0.4) is 0 Å². The molecule has 0 saturated heterocycles. The van der Waals surface area contributed by atoms with E-state index in [-0.39, 0.29) is 5.54 Å². The lowest BCUT2D eigenvalue weighted by Crippen LogP contribution is -2.42. The fourth-order valence-electron chi connectivity index (χ4n) is 2.63. The first-order valence-electron chi connectivity index (χ1n) is 7.50. The van der Waals surface area contributed by atoms with Gasteiger partial charge in [0.15, 0.2) is 0 Å². The van der Waals surface area contributed by atoms with Crippen molar-refractivity contribution in [2.45, 2.75) is 57.9 Å². The van der Waals surface area contributed by atoms with Gasteiger partial charge in [-0.05, 0) is 26.2 Å². The van der Waals surface area contributed by atoms with Crippen molar-refractivity contribution in [2.75, 3.05) is 17.8 Å². The van der Waals surface area contributed by atoms with E-state index in [1.165, 1.54) is 19.3 Å². The number of hydrogen-bond acceptors (Lipinski definition) is 4. The topological polar surface area (TPSA) is 47.0 Å². The van der Waals surface area contributed by atoms with Crippen LogP contribution in [0.15, 0.2) is 6.07 Å². The van der Waals surface area contributed by atoms with Gasteiger partial charge in [-0.1, -0.05) is 26.2 Å². The third-order valence-corrected chi connectivity index (χ3v) is 4.24. The lowest BCUT2D eigenvalue weighted by atomic mass is 9.83. The van der Waals surface area contributed by atoms with E-state index < -0.39 is 0 Å². The molecule has 2 rings (SSSR count). The monoisotopic (exact) mass is 297 g/mol. The van der Waals surface area contributed by atoms with Crippen molar-refractivity contribution in [3.05, 3.63) is 11.8 Å². The highest BCUT2D eigenvalue weighted by atomic mass is 35.5. The standard InChI is InChI=1S/C15H24ClN3O/c1-3-9-20-13-10-12(2)17-14(18-13)19-15(11-16)7-5-4-6-8-15/h10H,3-9,11H2,1-2H3,(H,17,18,19). The van der Waals surface area contributed by atoms with E-state index >= 15 is 0 Å². The van der Waals surface area contributed by atoms with Gasteiger partial charge in [0, 0.05) is 17.6 Å². The second kappa shape index (κ2) is 7.11. The predicted octanol–water partition coefficient (Wildman–Crippen LogP) is 3.93. The molecule has 1 N–H and O–H groups in total. The quantitative estimate of drug-likeness (QED) is 0.808. The minimum absolute atomic E-state index is 0.0599. The summed E-state index contributed by atoms with van der Waals surface area (Å²) in [6, 6.07) is 1.87. The highest BCUT2D eigenvalue weighted by Gasteiger charge is 2.31. The first-order chi connectivity index (χ1) is 9.67. The molecule has 0 unspecified atom stereocenters. The summed E-state index contributed by atoms with van der Waals surface area (Å²) in [7, 11) is 0. The Kier molecular flexibility index (Phi) is 5.46. The maximum absolute atomic E-state index is 6.20. The zero-order valence-electron chi connectivity index (χ0n) is 12.4. The summed E-state index contributed by atoms with van der Waals surface area (Å²) in [4.78, 5) is 8.92. The van der Waals surface area contributed by atoms with E-state index in [4.69, 9.17) is 16.3 Å². The molecule has 0 radical (unpaired) electrons. The summed E-state index contributed by atoms with van der Waals surface area (Å²) in [5, 5.41) is 3.47. The SMILES string of the molecule is CCCOc1cc(C)nc(NC2(CCl)CCCCC2)n1. The van der Waals surface area contributed by atoms with Crippen LogP contribution >= 0.6 is 11.6 Å². The minimum Gasteiger partial charge on any atom is -0.478 e. The molecule has 0 bridgehead atoms. The largest absolute Gasteiger partial charge is 0.478 e. The molecular formula is C15H24ClN3O. The average molecular weight is 298 g/mol. The molecule has 1 aromatic heterocycles. The highest BCUT2D eigenvalue weighted by Crippen LogP contribution is 2.32. The summed E-state index contributed by atoms with van der Waals surface area (Å²) < 4.78 is 5.61. The zero-order chi connectivity index (χ0) is 14.4. The molecule has 0 aromatic carbocycles. The van der Waals surface area contributed by atoms with Crippen LogP contribution in [0.25, 0.3) is 0 Å². The Balaban J connectivity index is 2.12. The van der Waals surface area contributed by atoms with Gasteiger partial charge in [-0.3, -0.25) is 0 Å². The van der Waals surface area contributed by atoms with Gasteiger partial charge in [0.1, 0.15) is 0 Å². The van der Waals surface area contributed by atoms with Crippen molar-refractivity contribution in [1.82, 2.24) is 9.97 Å². The maximum atomic E-state index is 6.20. The van der Waals surface area contributed by atoms with Gasteiger partial charge in [-0.25, -0.2) is 4.98 Å². The number of alkyl halides is 1. The summed E-state index contributed by atoms with van der Waals surface area (Å²) >= 11 is 6.20. The number of aromatic nitrogens is 2. The van der Waals surface area contributed by atoms with Crippen LogP contribution in [0.5, 0.6) is 5.88 Å². The minimum atomic E-state index is -0.0599. The summed E-state index contributed by atoms with van der Waals surface area (Å²) in [5.41, 5.74) is 0.851. The molecule has 1 aliphatic rings. The van der Waals surface area contributed by atoms with E-state index in [0.717, 1.165) is 25.0 Å². The Morgan fingerprint density at radius 2 is 2.05 bits per heavy atom. The predicted molar refractivity (Wildman–Crippen MR) is 82.7 cm³/mol. The van der Waals surface area contributed by atoms with Crippen LogP contribution < -0.4 is 10.1 Å². The number of rotatable bonds is 6. The molecule has 1 aromatic rings. The average Bonchev–Trinajstić information content (AvgIpc) is 2.45. The van der Waals surface area contributed by atoms with Crippen molar-refractivity contribution in [3.63, 3.8) is 0 Å².